The van der Waals surface area contributed by atoms with E-state index in [0.717, 1.165) is 31.6 Å². The van der Waals surface area contributed by atoms with E-state index in [0.29, 0.717) is 6.54 Å². The number of likely N-dealkylation sites (tertiary alicyclic amines) is 1. The Balaban J connectivity index is 1.66. The molecule has 1 aliphatic heterocycles. The lowest BCUT2D eigenvalue weighted by atomic mass is 10.1. The number of rotatable bonds is 7. The van der Waals surface area contributed by atoms with Crippen molar-refractivity contribution in [1.82, 2.24) is 10.2 Å². The predicted octanol–water partition coefficient (Wildman–Crippen LogP) is 1.80. The molecule has 1 aromatic rings. The predicted molar refractivity (Wildman–Crippen MR) is 79.2 cm³/mol. The molecule has 4 heteroatoms. The van der Waals surface area contributed by atoms with Crippen molar-refractivity contribution in [3.8, 4) is 0 Å². The number of nitrogens with one attached hydrogen (secondary N) is 1. The Morgan fingerprint density at radius 2 is 1.90 bits per heavy atom. The maximum Gasteiger partial charge on any atom is 0.123 e. The summed E-state index contributed by atoms with van der Waals surface area (Å²) < 4.78 is 12.8. The molecular weight excluding hydrogens is 255 g/mol. The molecule has 20 heavy (non-hydrogen) atoms. The molecule has 3 nitrogen and oxygen atoms in total. The standard InChI is InChI=1S/C16H25FN2O/c1-13(10-14-4-6-15(17)7-5-14)18-11-16(20)12-19-8-2-3-9-19/h4-7,13,16,18,20H,2-3,8-12H2,1H3. The summed E-state index contributed by atoms with van der Waals surface area (Å²) in [7, 11) is 0. The second-order valence-electron chi connectivity index (χ2n) is 5.80. The first kappa shape index (κ1) is 15.4. The van der Waals surface area contributed by atoms with Crippen LogP contribution >= 0.6 is 0 Å². The first-order valence-electron chi connectivity index (χ1n) is 7.52. The highest BCUT2D eigenvalue weighted by atomic mass is 19.1. The van der Waals surface area contributed by atoms with E-state index in [-0.39, 0.29) is 18.0 Å². The normalized spacial score (nSPS) is 19.1. The van der Waals surface area contributed by atoms with Gasteiger partial charge in [0.05, 0.1) is 6.10 Å². The van der Waals surface area contributed by atoms with Gasteiger partial charge < -0.3 is 15.3 Å². The molecule has 0 saturated carbocycles. The summed E-state index contributed by atoms with van der Waals surface area (Å²) in [6.45, 7) is 5.69. The van der Waals surface area contributed by atoms with Crippen molar-refractivity contribution in [1.29, 1.82) is 0 Å². The Kier molecular flexibility index (Phi) is 5.95. The van der Waals surface area contributed by atoms with Crippen LogP contribution in [0.3, 0.4) is 0 Å². The molecule has 0 radical (unpaired) electrons. The first-order chi connectivity index (χ1) is 9.63. The average Bonchev–Trinajstić information content (AvgIpc) is 2.92. The molecule has 2 rings (SSSR count). The van der Waals surface area contributed by atoms with Crippen LogP contribution in [0.4, 0.5) is 4.39 Å². The van der Waals surface area contributed by atoms with E-state index in [1.54, 1.807) is 0 Å². The minimum atomic E-state index is -0.316. The Bertz CT molecular complexity index is 390. The van der Waals surface area contributed by atoms with Gasteiger partial charge in [0.15, 0.2) is 0 Å². The Hall–Kier alpha value is -0.970. The molecule has 1 heterocycles. The quantitative estimate of drug-likeness (QED) is 0.799. The van der Waals surface area contributed by atoms with Gasteiger partial charge in [-0.3, -0.25) is 0 Å². The molecule has 2 atom stereocenters. The Labute approximate surface area is 120 Å². The maximum absolute atomic E-state index is 12.8. The molecule has 0 aliphatic carbocycles. The van der Waals surface area contributed by atoms with Gasteiger partial charge in [0.1, 0.15) is 5.82 Å². The van der Waals surface area contributed by atoms with Crippen LogP contribution in [0.1, 0.15) is 25.3 Å². The van der Waals surface area contributed by atoms with Gasteiger partial charge in [-0.15, -0.1) is 0 Å². The van der Waals surface area contributed by atoms with Crippen LogP contribution in [0.25, 0.3) is 0 Å². The maximum atomic E-state index is 12.8. The zero-order chi connectivity index (χ0) is 14.4. The highest BCUT2D eigenvalue weighted by molar-refractivity contribution is 5.16. The summed E-state index contributed by atoms with van der Waals surface area (Å²) in [4.78, 5) is 2.32. The highest BCUT2D eigenvalue weighted by Crippen LogP contribution is 2.08. The van der Waals surface area contributed by atoms with Crippen molar-refractivity contribution in [2.45, 2.75) is 38.3 Å². The fourth-order valence-electron chi connectivity index (χ4n) is 2.71. The van der Waals surface area contributed by atoms with Crippen LogP contribution in [0, 0.1) is 5.82 Å². The van der Waals surface area contributed by atoms with Crippen LogP contribution in [0.5, 0.6) is 0 Å². The van der Waals surface area contributed by atoms with Crippen molar-refractivity contribution in [2.75, 3.05) is 26.2 Å². The molecule has 2 unspecified atom stereocenters. The summed E-state index contributed by atoms with van der Waals surface area (Å²) in [6, 6.07) is 6.88. The van der Waals surface area contributed by atoms with E-state index in [1.165, 1.54) is 25.0 Å². The van der Waals surface area contributed by atoms with Crippen LogP contribution in [0.2, 0.25) is 0 Å². The topological polar surface area (TPSA) is 35.5 Å². The van der Waals surface area contributed by atoms with Crippen molar-refractivity contribution < 1.29 is 9.50 Å². The highest BCUT2D eigenvalue weighted by Gasteiger charge is 2.16. The summed E-state index contributed by atoms with van der Waals surface area (Å²) in [5.41, 5.74) is 1.11. The minimum Gasteiger partial charge on any atom is -0.390 e. The van der Waals surface area contributed by atoms with Gasteiger partial charge in [0.2, 0.25) is 0 Å². The Morgan fingerprint density at radius 3 is 2.55 bits per heavy atom. The zero-order valence-corrected chi connectivity index (χ0v) is 12.2. The number of β-amino-alcohol motifs (C(OH)–C–C–N with tert-alkyl or cyclic N) is 1. The number of hydrogen-bond donors (Lipinski definition) is 2. The first-order valence-corrected chi connectivity index (χ1v) is 7.52. The van der Waals surface area contributed by atoms with E-state index >= 15 is 0 Å². The number of aliphatic hydroxyl groups is 1. The molecule has 2 N–H and O–H groups in total. The average molecular weight is 280 g/mol. The third-order valence-electron chi connectivity index (χ3n) is 3.82. The second kappa shape index (κ2) is 7.72. The van der Waals surface area contributed by atoms with Gasteiger partial charge in [0, 0.05) is 19.1 Å². The van der Waals surface area contributed by atoms with Crippen molar-refractivity contribution >= 4 is 0 Å². The van der Waals surface area contributed by atoms with E-state index in [1.807, 2.05) is 12.1 Å². The molecule has 1 fully saturated rings. The third-order valence-corrected chi connectivity index (χ3v) is 3.82. The van der Waals surface area contributed by atoms with Crippen LogP contribution in [-0.4, -0.2) is 48.3 Å². The summed E-state index contributed by atoms with van der Waals surface area (Å²) >= 11 is 0. The lowest BCUT2D eigenvalue weighted by Gasteiger charge is -2.21. The summed E-state index contributed by atoms with van der Waals surface area (Å²) in [6.07, 6.45) is 3.03. The molecular formula is C16H25FN2O. The number of hydrogen-bond acceptors (Lipinski definition) is 3. The summed E-state index contributed by atoms with van der Waals surface area (Å²) in [5.74, 6) is -0.199. The fraction of sp³-hybridized carbons (Fsp3) is 0.625. The molecule has 0 aromatic heterocycles. The third kappa shape index (κ3) is 5.19. The van der Waals surface area contributed by atoms with Crippen molar-refractivity contribution in [3.63, 3.8) is 0 Å². The van der Waals surface area contributed by atoms with E-state index in [9.17, 15) is 9.50 Å². The van der Waals surface area contributed by atoms with Crippen LogP contribution in [0.15, 0.2) is 24.3 Å². The Morgan fingerprint density at radius 1 is 1.25 bits per heavy atom. The molecule has 112 valence electrons. The SMILES string of the molecule is CC(Cc1ccc(F)cc1)NCC(O)CN1CCCC1. The summed E-state index contributed by atoms with van der Waals surface area (Å²) in [5, 5.41) is 13.4. The monoisotopic (exact) mass is 280 g/mol. The molecule has 1 aromatic carbocycles. The van der Waals surface area contributed by atoms with E-state index in [4.69, 9.17) is 0 Å². The van der Waals surface area contributed by atoms with Crippen LogP contribution in [-0.2, 0) is 6.42 Å². The smallest absolute Gasteiger partial charge is 0.123 e. The van der Waals surface area contributed by atoms with Gasteiger partial charge in [-0.05, 0) is 57.0 Å². The molecule has 1 saturated heterocycles. The van der Waals surface area contributed by atoms with Crippen LogP contribution < -0.4 is 5.32 Å². The van der Waals surface area contributed by atoms with Crippen molar-refractivity contribution in [3.05, 3.63) is 35.6 Å². The van der Waals surface area contributed by atoms with Gasteiger partial charge in [-0.25, -0.2) is 4.39 Å². The molecule has 0 bridgehead atoms. The van der Waals surface area contributed by atoms with Gasteiger partial charge in [-0.2, -0.15) is 0 Å². The molecule has 0 spiro atoms. The molecule has 0 amide bonds. The van der Waals surface area contributed by atoms with E-state index < -0.39 is 0 Å². The molecule has 1 aliphatic rings. The largest absolute Gasteiger partial charge is 0.390 e. The van der Waals surface area contributed by atoms with Gasteiger partial charge >= 0.3 is 0 Å². The number of aliphatic hydroxyl groups excluding tert-OH is 1. The second-order valence-corrected chi connectivity index (χ2v) is 5.80. The number of nitrogens with zero attached hydrogens (tertiary/aromatic N) is 1. The number of benzene rings is 1. The fourth-order valence-corrected chi connectivity index (χ4v) is 2.71. The van der Waals surface area contributed by atoms with Gasteiger partial charge in [0.25, 0.3) is 0 Å². The van der Waals surface area contributed by atoms with E-state index in [2.05, 4.69) is 17.1 Å². The minimum absolute atomic E-state index is 0.199. The van der Waals surface area contributed by atoms with Crippen molar-refractivity contribution in [2.24, 2.45) is 0 Å². The number of halogens is 1. The lowest BCUT2D eigenvalue weighted by Crippen LogP contribution is -2.40. The lowest BCUT2D eigenvalue weighted by molar-refractivity contribution is 0.121. The van der Waals surface area contributed by atoms with Gasteiger partial charge in [-0.1, -0.05) is 12.1 Å². The zero-order valence-electron chi connectivity index (χ0n) is 12.2.